The number of ether oxygens (including phenoxy) is 1. The number of halogens is 2. The molecule has 1 fully saturated rings. The van der Waals surface area contributed by atoms with E-state index in [-0.39, 0.29) is 17.4 Å². The van der Waals surface area contributed by atoms with Crippen molar-refractivity contribution in [2.45, 2.75) is 25.7 Å². The molecule has 1 aliphatic heterocycles. The van der Waals surface area contributed by atoms with Crippen LogP contribution in [0.25, 0.3) is 0 Å². The molecule has 1 saturated heterocycles. The Balaban J connectivity index is 1.44. The predicted molar refractivity (Wildman–Crippen MR) is 149 cm³/mol. The largest absolute Gasteiger partial charge is 0.482 e. The number of nitrogens with one attached hydrogen (secondary N) is 1. The van der Waals surface area contributed by atoms with E-state index in [1.807, 2.05) is 31.7 Å². The van der Waals surface area contributed by atoms with Gasteiger partial charge in [-0.05, 0) is 62.2 Å². The van der Waals surface area contributed by atoms with Gasteiger partial charge in [0.05, 0.1) is 26.3 Å². The molecule has 37 heavy (non-hydrogen) atoms. The van der Waals surface area contributed by atoms with Gasteiger partial charge in [-0.15, -0.1) is 0 Å². The number of benzene rings is 3. The minimum atomic E-state index is -3.59. The normalized spacial score (nSPS) is 14.5. The highest BCUT2D eigenvalue weighted by atomic mass is 35.5. The Morgan fingerprint density at radius 1 is 0.919 bits per heavy atom. The zero-order valence-corrected chi connectivity index (χ0v) is 23.3. The standard InChI is InChI=1S/C27H29Cl2N3O4S/c1-18-7-9-21(10-8-18)37(34,35)32-13-11-31(12-14-32)26-22(28)5-4-6-24(26)30-25(33)17-36-27-20(3)15-19(2)16-23(27)29/h4-10,15-16H,11-14,17H2,1-3H3,(H,30,33). The molecule has 0 spiro atoms. The van der Waals surface area contributed by atoms with Gasteiger partial charge in [-0.1, -0.05) is 53.0 Å². The number of aryl methyl sites for hydroxylation is 3. The average molecular weight is 563 g/mol. The quantitative estimate of drug-likeness (QED) is 0.415. The average Bonchev–Trinajstić information content (AvgIpc) is 2.84. The summed E-state index contributed by atoms with van der Waals surface area (Å²) in [5.41, 5.74) is 4.03. The van der Waals surface area contributed by atoms with Crippen LogP contribution in [0.1, 0.15) is 16.7 Å². The first kappa shape index (κ1) is 27.3. The van der Waals surface area contributed by atoms with Crippen LogP contribution in [0.3, 0.4) is 0 Å². The van der Waals surface area contributed by atoms with Crippen molar-refractivity contribution in [3.8, 4) is 5.75 Å². The summed E-state index contributed by atoms with van der Waals surface area (Å²) in [6.45, 7) is 6.94. The lowest BCUT2D eigenvalue weighted by atomic mass is 10.1. The van der Waals surface area contributed by atoms with Crippen molar-refractivity contribution in [2.24, 2.45) is 0 Å². The molecule has 0 unspecified atom stereocenters. The first-order valence-electron chi connectivity index (χ1n) is 11.9. The van der Waals surface area contributed by atoms with E-state index < -0.39 is 10.0 Å². The molecule has 7 nitrogen and oxygen atoms in total. The summed E-state index contributed by atoms with van der Waals surface area (Å²) in [5.74, 6) is 0.111. The van der Waals surface area contributed by atoms with Crippen LogP contribution in [0.4, 0.5) is 11.4 Å². The van der Waals surface area contributed by atoms with Crippen molar-refractivity contribution in [1.29, 1.82) is 0 Å². The Kier molecular flexibility index (Phi) is 8.33. The maximum Gasteiger partial charge on any atom is 0.262 e. The van der Waals surface area contributed by atoms with Crippen molar-refractivity contribution >= 4 is 50.5 Å². The van der Waals surface area contributed by atoms with Gasteiger partial charge < -0.3 is 15.0 Å². The highest BCUT2D eigenvalue weighted by Crippen LogP contribution is 2.35. The molecule has 3 aromatic rings. The molecule has 4 rings (SSSR count). The third-order valence-corrected chi connectivity index (χ3v) is 8.69. The minimum Gasteiger partial charge on any atom is -0.482 e. The molecule has 0 aromatic heterocycles. The number of hydrogen-bond donors (Lipinski definition) is 1. The Bertz CT molecular complexity index is 1380. The number of amides is 1. The number of carbonyl (C=O) groups excluding carboxylic acids is 1. The van der Waals surface area contributed by atoms with Crippen LogP contribution in [-0.2, 0) is 14.8 Å². The van der Waals surface area contributed by atoms with E-state index in [1.165, 1.54) is 4.31 Å². The molecule has 0 atom stereocenters. The lowest BCUT2D eigenvalue weighted by molar-refractivity contribution is -0.118. The smallest absolute Gasteiger partial charge is 0.262 e. The van der Waals surface area contributed by atoms with Crippen molar-refractivity contribution in [1.82, 2.24) is 4.31 Å². The number of para-hydroxylation sites is 1. The number of piperazine rings is 1. The lowest BCUT2D eigenvalue weighted by Gasteiger charge is -2.36. The molecule has 0 aliphatic carbocycles. The highest BCUT2D eigenvalue weighted by molar-refractivity contribution is 7.89. The third-order valence-electron chi connectivity index (χ3n) is 6.20. The first-order chi connectivity index (χ1) is 17.6. The Morgan fingerprint density at radius 2 is 1.59 bits per heavy atom. The van der Waals surface area contributed by atoms with E-state index in [4.69, 9.17) is 27.9 Å². The number of carbonyl (C=O) groups is 1. The van der Waals surface area contributed by atoms with Gasteiger partial charge in [-0.3, -0.25) is 4.79 Å². The second-order valence-electron chi connectivity index (χ2n) is 9.07. The molecule has 0 saturated carbocycles. The molecular weight excluding hydrogens is 533 g/mol. The summed E-state index contributed by atoms with van der Waals surface area (Å²) >= 11 is 12.8. The highest BCUT2D eigenvalue weighted by Gasteiger charge is 2.30. The van der Waals surface area contributed by atoms with Gasteiger partial charge in [0.15, 0.2) is 6.61 Å². The van der Waals surface area contributed by atoms with Gasteiger partial charge in [0.2, 0.25) is 10.0 Å². The van der Waals surface area contributed by atoms with E-state index in [9.17, 15) is 13.2 Å². The van der Waals surface area contributed by atoms with E-state index in [0.717, 1.165) is 16.7 Å². The Labute approximate surface area is 228 Å². The molecule has 1 amide bonds. The first-order valence-corrected chi connectivity index (χ1v) is 14.1. The molecule has 0 radical (unpaired) electrons. The zero-order chi connectivity index (χ0) is 26.7. The lowest BCUT2D eigenvalue weighted by Crippen LogP contribution is -2.49. The van der Waals surface area contributed by atoms with Gasteiger partial charge >= 0.3 is 0 Å². The van der Waals surface area contributed by atoms with E-state index in [0.29, 0.717) is 53.3 Å². The number of hydrogen-bond acceptors (Lipinski definition) is 5. The number of rotatable bonds is 7. The van der Waals surface area contributed by atoms with Crippen LogP contribution in [0.15, 0.2) is 59.5 Å². The van der Waals surface area contributed by atoms with Crippen LogP contribution in [-0.4, -0.2) is 51.4 Å². The van der Waals surface area contributed by atoms with Gasteiger partial charge in [0, 0.05) is 26.2 Å². The fourth-order valence-corrected chi connectivity index (χ4v) is 6.45. The fraction of sp³-hybridized carbons (Fsp3) is 0.296. The minimum absolute atomic E-state index is 0.224. The SMILES string of the molecule is Cc1ccc(S(=O)(=O)N2CCN(c3c(Cl)cccc3NC(=O)COc3c(C)cc(C)cc3Cl)CC2)cc1. The van der Waals surface area contributed by atoms with Crippen LogP contribution < -0.4 is 15.0 Å². The van der Waals surface area contributed by atoms with Crippen molar-refractivity contribution in [3.63, 3.8) is 0 Å². The summed E-state index contributed by atoms with van der Waals surface area (Å²) in [4.78, 5) is 15.0. The molecule has 3 aromatic carbocycles. The van der Waals surface area contributed by atoms with Gasteiger partial charge in [0.25, 0.3) is 5.91 Å². The molecule has 0 bridgehead atoms. The predicted octanol–water partition coefficient (Wildman–Crippen LogP) is 5.45. The zero-order valence-electron chi connectivity index (χ0n) is 20.9. The Morgan fingerprint density at radius 3 is 2.24 bits per heavy atom. The summed E-state index contributed by atoms with van der Waals surface area (Å²) in [5, 5.41) is 3.79. The van der Waals surface area contributed by atoms with E-state index in [2.05, 4.69) is 5.32 Å². The van der Waals surface area contributed by atoms with Crippen molar-refractivity contribution in [2.75, 3.05) is 43.0 Å². The molecule has 1 N–H and O–H groups in total. The third kappa shape index (κ3) is 6.21. The second kappa shape index (κ2) is 11.3. The van der Waals surface area contributed by atoms with E-state index >= 15 is 0 Å². The summed E-state index contributed by atoms with van der Waals surface area (Å²) < 4.78 is 33.3. The van der Waals surface area contributed by atoms with Gasteiger partial charge in [0.1, 0.15) is 5.75 Å². The van der Waals surface area contributed by atoms with Gasteiger partial charge in [-0.2, -0.15) is 4.31 Å². The molecule has 196 valence electrons. The summed E-state index contributed by atoms with van der Waals surface area (Å²) in [7, 11) is -3.59. The number of anilines is 2. The van der Waals surface area contributed by atoms with Crippen molar-refractivity contribution in [3.05, 3.63) is 81.3 Å². The fourth-order valence-electron chi connectivity index (χ4n) is 4.36. The van der Waals surface area contributed by atoms with Crippen LogP contribution in [0.5, 0.6) is 5.75 Å². The summed E-state index contributed by atoms with van der Waals surface area (Å²) in [6, 6.07) is 15.8. The van der Waals surface area contributed by atoms with Crippen LogP contribution in [0.2, 0.25) is 10.0 Å². The summed E-state index contributed by atoms with van der Waals surface area (Å²) in [6.07, 6.45) is 0. The maximum absolute atomic E-state index is 13.1. The van der Waals surface area contributed by atoms with Crippen LogP contribution >= 0.6 is 23.2 Å². The molecule has 10 heteroatoms. The molecular formula is C27H29Cl2N3O4S. The monoisotopic (exact) mass is 561 g/mol. The number of sulfonamides is 1. The topological polar surface area (TPSA) is 79.0 Å². The van der Waals surface area contributed by atoms with Crippen LogP contribution in [0, 0.1) is 20.8 Å². The van der Waals surface area contributed by atoms with E-state index in [1.54, 1.807) is 48.5 Å². The second-order valence-corrected chi connectivity index (χ2v) is 11.8. The Hall–Kier alpha value is -2.78. The maximum atomic E-state index is 13.1. The van der Waals surface area contributed by atoms with Crippen molar-refractivity contribution < 1.29 is 17.9 Å². The van der Waals surface area contributed by atoms with Gasteiger partial charge in [-0.25, -0.2) is 8.42 Å². The number of nitrogens with zero attached hydrogens (tertiary/aromatic N) is 2. The molecule has 1 heterocycles. The molecule has 1 aliphatic rings.